The molecule has 0 unspecified atom stereocenters. The second-order valence-electron chi connectivity index (χ2n) is 4.85. The summed E-state index contributed by atoms with van der Waals surface area (Å²) in [5.41, 5.74) is 3.40. The van der Waals surface area contributed by atoms with E-state index in [0.717, 1.165) is 0 Å². The van der Waals surface area contributed by atoms with Crippen LogP contribution in [0.1, 0.15) is 52.4 Å². The summed E-state index contributed by atoms with van der Waals surface area (Å²) in [4.78, 5) is 0. The molecule has 0 heterocycles. The summed E-state index contributed by atoms with van der Waals surface area (Å²) in [5, 5.41) is 0. The van der Waals surface area contributed by atoms with Crippen LogP contribution in [0.2, 0.25) is 0 Å². The van der Waals surface area contributed by atoms with E-state index in [1.54, 1.807) is 11.1 Å². The van der Waals surface area contributed by atoms with Crippen LogP contribution in [0.5, 0.6) is 0 Å². The van der Waals surface area contributed by atoms with E-state index in [4.69, 9.17) is 0 Å². The Morgan fingerprint density at radius 2 is 1.35 bits per heavy atom. The molecule has 0 bridgehead atoms. The predicted octanol–water partition coefficient (Wildman–Crippen LogP) is 5.10. The van der Waals surface area contributed by atoms with Crippen LogP contribution in [-0.2, 0) is 22.9 Å². The maximum atomic E-state index is 2.40. The molecule has 0 aromatic heterocycles. The molecule has 0 saturated carbocycles. The summed E-state index contributed by atoms with van der Waals surface area (Å²) >= 11 is -0.683. The van der Waals surface area contributed by atoms with Crippen molar-refractivity contribution in [3.8, 4) is 0 Å². The van der Waals surface area contributed by atoms with Crippen molar-refractivity contribution >= 4 is 0 Å². The van der Waals surface area contributed by atoms with Gasteiger partial charge in [-0.15, -0.1) is 0 Å². The molecule has 2 aliphatic rings. The Labute approximate surface area is 117 Å². The molecule has 0 amide bonds. The van der Waals surface area contributed by atoms with E-state index in [9.17, 15) is 0 Å². The standard InChI is InChI=1S/2C8H11.Hf/c2*1-2-5-8-6-3-4-7-8;/h2*3,6H,2,4-5H2,1H3;. The average Bonchev–Trinajstić information content (AvgIpc) is 2.92. The van der Waals surface area contributed by atoms with E-state index in [0.29, 0.717) is 0 Å². The SMILES string of the molecule is CCCC1=[C]([Hf][C]2=C(CCC)C=CC2)CC=C1. The molecule has 0 fully saturated rings. The Morgan fingerprint density at radius 1 is 0.882 bits per heavy atom. The fraction of sp³-hybridized carbons (Fsp3) is 0.500. The molecule has 17 heavy (non-hydrogen) atoms. The quantitative estimate of drug-likeness (QED) is 0.552. The molecular weight excluding hydrogens is 371 g/mol. The van der Waals surface area contributed by atoms with E-state index in [1.165, 1.54) is 38.5 Å². The summed E-state index contributed by atoms with van der Waals surface area (Å²) in [6.07, 6.45) is 17.3. The van der Waals surface area contributed by atoms with Gasteiger partial charge in [-0.05, 0) is 0 Å². The fourth-order valence-electron chi connectivity index (χ4n) is 2.55. The maximum absolute atomic E-state index is 2.40. The van der Waals surface area contributed by atoms with Crippen molar-refractivity contribution in [2.75, 3.05) is 0 Å². The molecular formula is C16H22Hf. The fourth-order valence-corrected chi connectivity index (χ4v) is 8.09. The summed E-state index contributed by atoms with van der Waals surface area (Å²) < 4.78 is 3.75. The van der Waals surface area contributed by atoms with E-state index in [-0.39, 0.29) is 0 Å². The van der Waals surface area contributed by atoms with Gasteiger partial charge in [-0.1, -0.05) is 0 Å². The summed E-state index contributed by atoms with van der Waals surface area (Å²) in [6.45, 7) is 4.59. The van der Waals surface area contributed by atoms with Crippen LogP contribution in [-0.4, -0.2) is 0 Å². The molecule has 0 radical (unpaired) electrons. The summed E-state index contributed by atoms with van der Waals surface area (Å²) in [6, 6.07) is 0. The van der Waals surface area contributed by atoms with Crippen LogP contribution in [0.25, 0.3) is 0 Å². The first kappa shape index (κ1) is 13.3. The minimum atomic E-state index is -0.683. The van der Waals surface area contributed by atoms with Crippen LogP contribution in [0, 0.1) is 0 Å². The first-order chi connectivity index (χ1) is 8.35. The van der Waals surface area contributed by atoms with Crippen LogP contribution in [0.15, 0.2) is 42.1 Å². The van der Waals surface area contributed by atoms with Crippen LogP contribution >= 0.6 is 0 Å². The number of hydrogen-bond acceptors (Lipinski definition) is 0. The first-order valence-electron chi connectivity index (χ1n) is 6.89. The molecule has 2 rings (SSSR count). The Hall–Kier alpha value is -0.170. The molecule has 2 aliphatic carbocycles. The molecule has 0 aliphatic heterocycles. The van der Waals surface area contributed by atoms with Crippen LogP contribution < -0.4 is 0 Å². The van der Waals surface area contributed by atoms with Gasteiger partial charge in [-0.3, -0.25) is 0 Å². The Balaban J connectivity index is 2.06. The van der Waals surface area contributed by atoms with Crippen LogP contribution in [0.4, 0.5) is 0 Å². The van der Waals surface area contributed by atoms with Gasteiger partial charge in [0.05, 0.1) is 0 Å². The average molecular weight is 393 g/mol. The molecule has 0 aromatic carbocycles. The first-order valence-corrected chi connectivity index (χ1v) is 10.5. The molecule has 0 aromatic rings. The van der Waals surface area contributed by atoms with Gasteiger partial charge in [0.25, 0.3) is 0 Å². The van der Waals surface area contributed by atoms with Crippen molar-refractivity contribution in [1.82, 2.24) is 0 Å². The second-order valence-corrected chi connectivity index (χ2v) is 10.1. The van der Waals surface area contributed by atoms with Crippen molar-refractivity contribution < 1.29 is 22.9 Å². The van der Waals surface area contributed by atoms with Gasteiger partial charge in [0.1, 0.15) is 0 Å². The molecule has 0 spiro atoms. The van der Waals surface area contributed by atoms with Crippen molar-refractivity contribution in [2.24, 2.45) is 0 Å². The molecule has 0 nitrogen and oxygen atoms in total. The summed E-state index contributed by atoms with van der Waals surface area (Å²) in [7, 11) is 0. The molecule has 90 valence electrons. The third-order valence-electron chi connectivity index (χ3n) is 3.40. The van der Waals surface area contributed by atoms with E-state index >= 15 is 0 Å². The third kappa shape index (κ3) is 3.40. The van der Waals surface area contributed by atoms with Crippen LogP contribution in [0.3, 0.4) is 0 Å². The van der Waals surface area contributed by atoms with Crippen molar-refractivity contribution in [3.05, 3.63) is 42.1 Å². The molecule has 0 N–H and O–H groups in total. The molecule has 0 atom stereocenters. The minimum absolute atomic E-state index is 0.683. The summed E-state index contributed by atoms with van der Waals surface area (Å²) in [5.74, 6) is 0. The Kier molecular flexibility index (Phi) is 5.21. The van der Waals surface area contributed by atoms with E-state index in [1.807, 2.05) is 6.66 Å². The zero-order chi connectivity index (χ0) is 12.1. The van der Waals surface area contributed by atoms with Gasteiger partial charge in [0.2, 0.25) is 0 Å². The van der Waals surface area contributed by atoms with E-state index < -0.39 is 22.9 Å². The number of allylic oxidation sites excluding steroid dienone is 8. The van der Waals surface area contributed by atoms with E-state index in [2.05, 4.69) is 38.2 Å². The zero-order valence-corrected chi connectivity index (χ0v) is 14.6. The monoisotopic (exact) mass is 394 g/mol. The molecule has 0 saturated heterocycles. The zero-order valence-electron chi connectivity index (χ0n) is 11.1. The third-order valence-corrected chi connectivity index (χ3v) is 9.34. The normalized spacial score (nSPS) is 18.7. The van der Waals surface area contributed by atoms with Crippen molar-refractivity contribution in [2.45, 2.75) is 52.4 Å². The number of hydrogen-bond donors (Lipinski definition) is 0. The topological polar surface area (TPSA) is 0 Å². The molecule has 1 heteroatoms. The Bertz CT molecular complexity index is 356. The van der Waals surface area contributed by atoms with Gasteiger partial charge in [0.15, 0.2) is 0 Å². The second kappa shape index (κ2) is 6.68. The number of rotatable bonds is 6. The van der Waals surface area contributed by atoms with Gasteiger partial charge in [-0.25, -0.2) is 0 Å². The van der Waals surface area contributed by atoms with Gasteiger partial charge in [-0.2, -0.15) is 0 Å². The van der Waals surface area contributed by atoms with Crippen molar-refractivity contribution in [3.63, 3.8) is 0 Å². The van der Waals surface area contributed by atoms with Gasteiger partial charge < -0.3 is 0 Å². The van der Waals surface area contributed by atoms with Crippen molar-refractivity contribution in [1.29, 1.82) is 0 Å². The predicted molar refractivity (Wildman–Crippen MR) is 71.4 cm³/mol. The van der Waals surface area contributed by atoms with Gasteiger partial charge >= 0.3 is 117 Å². The Morgan fingerprint density at radius 3 is 1.76 bits per heavy atom. The van der Waals surface area contributed by atoms with Gasteiger partial charge in [0, 0.05) is 0 Å².